The Morgan fingerprint density at radius 2 is 1.62 bits per heavy atom. The van der Waals surface area contributed by atoms with Gasteiger partial charge in [0.2, 0.25) is 0 Å². The van der Waals surface area contributed by atoms with Crippen LogP contribution in [0.1, 0.15) is 25.7 Å². The first-order chi connectivity index (χ1) is 12.8. The molecule has 0 aromatic carbocycles. The summed E-state index contributed by atoms with van der Waals surface area (Å²) < 4.78 is 49.9. The van der Waals surface area contributed by atoms with Gasteiger partial charge in [-0.2, -0.15) is 0 Å². The summed E-state index contributed by atoms with van der Waals surface area (Å²) in [5, 5.41) is 0. The van der Waals surface area contributed by atoms with Crippen LogP contribution in [0.25, 0.3) is 0 Å². The predicted molar refractivity (Wildman–Crippen MR) is 78.5 cm³/mol. The fraction of sp³-hybridized carbons (Fsp3) is 0.444. The fourth-order valence-corrected chi connectivity index (χ4v) is 3.90. The van der Waals surface area contributed by atoms with Gasteiger partial charge in [0.05, 0.1) is 0 Å². The zero-order chi connectivity index (χ0) is 21.1. The molecule has 0 aromatic rings. The second-order valence-corrected chi connectivity index (χ2v) is 5.96. The molecule has 0 bridgehead atoms. The topological polar surface area (TPSA) is 118 Å². The van der Waals surface area contributed by atoms with Crippen LogP contribution in [0.5, 0.6) is 0 Å². The van der Waals surface area contributed by atoms with Crippen molar-refractivity contribution in [1.82, 2.24) is 0 Å². The van der Waals surface area contributed by atoms with E-state index in [1.165, 1.54) is 50.6 Å². The van der Waals surface area contributed by atoms with Crippen LogP contribution in [-0.4, -0.2) is 23.9 Å². The average Bonchev–Trinajstić information content (AvgIpc) is 3.41. The van der Waals surface area contributed by atoms with Gasteiger partial charge < -0.3 is 0 Å². The zero-order valence-electron chi connectivity index (χ0n) is 14.0. The number of allylic oxidation sites excluding steroid dienone is 2. The van der Waals surface area contributed by atoms with E-state index >= 15 is 0 Å². The maximum absolute atomic E-state index is 7.50. The number of ether oxygens (including phenoxy) is 2. The first-order valence-corrected chi connectivity index (χ1v) is 8.45. The molecule has 0 N–H and O–H groups in total. The van der Waals surface area contributed by atoms with Crippen molar-refractivity contribution >= 4 is 4.08 Å². The molecule has 1 aliphatic heterocycles. The summed E-state index contributed by atoms with van der Waals surface area (Å²) in [7, 11) is 1.78. The van der Waals surface area contributed by atoms with Gasteiger partial charge in [-0.05, 0) is 0 Å². The van der Waals surface area contributed by atoms with Gasteiger partial charge in [0.25, 0.3) is 0 Å². The molecule has 2 aliphatic carbocycles. The first kappa shape index (κ1) is 29.4. The third-order valence-electron chi connectivity index (χ3n) is 3.83. The third kappa shape index (κ3) is 7.49. The molecule has 0 radical (unpaired) electrons. The Bertz CT molecular complexity index is 558. The van der Waals surface area contributed by atoms with Crippen molar-refractivity contribution in [2.24, 2.45) is 5.92 Å². The van der Waals surface area contributed by atoms with Gasteiger partial charge in [0.1, 0.15) is 0 Å². The Balaban J connectivity index is -0.000000462. The quantitative estimate of drug-likeness (QED) is 0.412. The molecule has 136 valence electrons. The van der Waals surface area contributed by atoms with Crippen LogP contribution in [0.3, 0.4) is 0 Å². The predicted octanol–water partition coefficient (Wildman–Crippen LogP) is 1.95. The maximum atomic E-state index is 7.50. The second-order valence-electron chi connectivity index (χ2n) is 4.63. The van der Waals surface area contributed by atoms with Gasteiger partial charge >= 0.3 is 164 Å². The molecule has 1 heterocycles. The van der Waals surface area contributed by atoms with Crippen molar-refractivity contribution in [3.63, 3.8) is 0 Å². The molecule has 3 aliphatic rings. The van der Waals surface area contributed by atoms with E-state index in [2.05, 4.69) is 39.3 Å². The molecular formula is C18H16O7W. The minimum atomic E-state index is 0.351. The molecule has 26 heavy (non-hydrogen) atoms. The van der Waals surface area contributed by atoms with E-state index < -0.39 is 0 Å². The fourth-order valence-electron chi connectivity index (χ4n) is 3.09. The van der Waals surface area contributed by atoms with E-state index in [9.17, 15) is 0 Å². The van der Waals surface area contributed by atoms with Gasteiger partial charge in [-0.3, -0.25) is 0 Å². The van der Waals surface area contributed by atoms with Gasteiger partial charge in [0.15, 0.2) is 0 Å². The van der Waals surface area contributed by atoms with E-state index in [0.717, 1.165) is 10.7 Å². The Labute approximate surface area is 163 Å². The van der Waals surface area contributed by atoms with E-state index in [1.807, 2.05) is 0 Å². The minimum absolute atomic E-state index is 0.351. The Morgan fingerprint density at radius 1 is 1.08 bits per heavy atom. The third-order valence-corrected chi connectivity index (χ3v) is 5.22. The summed E-state index contributed by atoms with van der Waals surface area (Å²) in [6.07, 6.45) is 7.81. The van der Waals surface area contributed by atoms with Crippen LogP contribution >= 0.6 is 0 Å². The first-order valence-electron chi connectivity index (χ1n) is 6.98. The molecule has 7 nitrogen and oxygen atoms in total. The van der Waals surface area contributed by atoms with E-state index in [4.69, 9.17) is 32.7 Å². The number of hydrogen-bond acceptors (Lipinski definition) is 2. The number of hydrogen-bond donors (Lipinski definition) is 0. The van der Waals surface area contributed by atoms with Crippen LogP contribution in [0.15, 0.2) is 22.8 Å². The Morgan fingerprint density at radius 3 is 2.04 bits per heavy atom. The summed E-state index contributed by atoms with van der Waals surface area (Å²) >= 11 is 1.41. The van der Waals surface area contributed by atoms with Crippen LogP contribution in [-0.2, 0) is 52.1 Å². The van der Waals surface area contributed by atoms with E-state index in [1.54, 1.807) is 18.3 Å². The molecule has 8 heteroatoms. The normalized spacial score (nSPS) is 20.3. The average molecular weight is 528 g/mol. The molecular weight excluding hydrogens is 512 g/mol. The Kier molecular flexibility index (Phi) is 22.6. The molecule has 1 fully saturated rings. The van der Waals surface area contributed by atoms with Crippen molar-refractivity contribution in [2.45, 2.75) is 31.8 Å². The van der Waals surface area contributed by atoms with E-state index in [0.29, 0.717) is 12.0 Å². The van der Waals surface area contributed by atoms with Crippen LogP contribution in [0.4, 0.5) is 0 Å². The SMILES string of the molecule is CO[C](=[W])C1=C(C2=CCCC2)C2CCOC12.[C-]#[O+].[C-]#[O+].[C-]#[O+].[C-]#[O+].[C-]#[O+]. The molecule has 1 saturated heterocycles. The number of rotatable bonds is 3. The van der Waals surface area contributed by atoms with Crippen molar-refractivity contribution in [1.29, 1.82) is 0 Å². The molecule has 0 saturated carbocycles. The second kappa shape index (κ2) is 20.0. The molecule has 0 spiro atoms. The van der Waals surface area contributed by atoms with Crippen molar-refractivity contribution < 1.29 is 52.1 Å². The van der Waals surface area contributed by atoms with Crippen LogP contribution in [0, 0.1) is 39.2 Å². The molecule has 0 amide bonds. The van der Waals surface area contributed by atoms with Gasteiger partial charge in [-0.25, -0.2) is 0 Å². The van der Waals surface area contributed by atoms with Gasteiger partial charge in [-0.15, -0.1) is 0 Å². The van der Waals surface area contributed by atoms with Gasteiger partial charge in [0, 0.05) is 0 Å². The molecule has 2 unspecified atom stereocenters. The van der Waals surface area contributed by atoms with Crippen molar-refractivity contribution in [3.05, 3.63) is 56.0 Å². The summed E-state index contributed by atoms with van der Waals surface area (Å²) in [5.41, 5.74) is 4.54. The molecule has 2 atom stereocenters. The summed E-state index contributed by atoms with van der Waals surface area (Å²) in [5.74, 6) is 0.670. The monoisotopic (exact) mass is 528 g/mol. The summed E-state index contributed by atoms with van der Waals surface area (Å²) in [6, 6.07) is 0. The zero-order valence-corrected chi connectivity index (χ0v) is 17.0. The standard InChI is InChI=1S/C13H16O2.5CO.W/c1-14-8-11-12(9-4-2-3-5-9)10-6-7-15-13(10)11;5*1-2;/h4,10,13H,2-3,5-7H2,1H3;;;;;;. The molecule has 0 aromatic heterocycles. The summed E-state index contributed by atoms with van der Waals surface area (Å²) in [6.45, 7) is 23.4. The van der Waals surface area contributed by atoms with Crippen LogP contribution < -0.4 is 0 Å². The van der Waals surface area contributed by atoms with Crippen molar-refractivity contribution in [2.75, 3.05) is 13.7 Å². The number of fused-ring (bicyclic) bond motifs is 1. The van der Waals surface area contributed by atoms with Crippen LogP contribution in [0.2, 0.25) is 0 Å². The molecule has 3 rings (SSSR count). The van der Waals surface area contributed by atoms with Gasteiger partial charge in [-0.1, -0.05) is 0 Å². The van der Waals surface area contributed by atoms with E-state index in [-0.39, 0.29) is 0 Å². The Hall–Kier alpha value is -1.34. The van der Waals surface area contributed by atoms with Crippen molar-refractivity contribution in [3.8, 4) is 0 Å². The summed E-state index contributed by atoms with van der Waals surface area (Å²) in [4.78, 5) is 0. The number of methoxy groups -OCH3 is 1.